The summed E-state index contributed by atoms with van der Waals surface area (Å²) in [6.07, 6.45) is -1.28. The number of Topliss-reactive ketones (excluding diaryl/α,β-unsaturated/α-hetero) is 1. The quantitative estimate of drug-likeness (QED) is 0.254. The summed E-state index contributed by atoms with van der Waals surface area (Å²) in [7, 11) is 0. The lowest BCUT2D eigenvalue weighted by Crippen LogP contribution is -2.38. The second-order valence-corrected chi connectivity index (χ2v) is 9.30. The van der Waals surface area contributed by atoms with E-state index in [2.05, 4.69) is 6.58 Å². The topological polar surface area (TPSA) is 63.6 Å². The molecule has 1 heterocycles. The Morgan fingerprint density at radius 1 is 1.13 bits per heavy atom. The second-order valence-electron chi connectivity index (χ2n) is 8.27. The molecule has 162 valence electrons. The Labute approximate surface area is 174 Å². The number of rotatable bonds is 3. The second kappa shape index (κ2) is 7.67. The van der Waals surface area contributed by atoms with Gasteiger partial charge < -0.3 is 9.84 Å². The van der Waals surface area contributed by atoms with E-state index in [1.54, 1.807) is 6.92 Å². The molecule has 0 spiro atoms. The van der Waals surface area contributed by atoms with Crippen molar-refractivity contribution in [1.29, 1.82) is 0 Å². The van der Waals surface area contributed by atoms with Crippen LogP contribution in [-0.4, -0.2) is 34.8 Å². The highest BCUT2D eigenvalue weighted by atomic mass is 32.2. The summed E-state index contributed by atoms with van der Waals surface area (Å²) in [4.78, 5) is 24.0. The van der Waals surface area contributed by atoms with Crippen molar-refractivity contribution in [2.24, 2.45) is 29.6 Å². The number of benzene rings is 1. The van der Waals surface area contributed by atoms with Gasteiger partial charge in [0.15, 0.2) is 23.3 Å². The zero-order valence-electron chi connectivity index (χ0n) is 16.0. The van der Waals surface area contributed by atoms with Gasteiger partial charge in [-0.05, 0) is 12.3 Å². The molecule has 4 rings (SSSR count). The lowest BCUT2D eigenvalue weighted by Gasteiger charge is -2.29. The first-order chi connectivity index (χ1) is 14.1. The van der Waals surface area contributed by atoms with Crippen molar-refractivity contribution in [3.05, 3.63) is 41.5 Å². The van der Waals surface area contributed by atoms with Crippen molar-refractivity contribution in [3.8, 4) is 0 Å². The van der Waals surface area contributed by atoms with Crippen LogP contribution in [0.5, 0.6) is 0 Å². The van der Waals surface area contributed by atoms with Crippen LogP contribution in [0.25, 0.3) is 0 Å². The fourth-order valence-corrected chi connectivity index (χ4v) is 6.28. The van der Waals surface area contributed by atoms with Gasteiger partial charge in [0, 0.05) is 36.0 Å². The van der Waals surface area contributed by atoms with Crippen LogP contribution >= 0.6 is 11.8 Å². The van der Waals surface area contributed by atoms with Crippen molar-refractivity contribution >= 4 is 23.5 Å². The smallest absolute Gasteiger partial charge is 0.310 e. The Balaban J connectivity index is 1.63. The molecular formula is C21H20F4O4S. The molecule has 7 atom stereocenters. The number of fused-ring (bicyclic) bond motifs is 3. The first-order valence-corrected chi connectivity index (χ1v) is 10.6. The number of hydrogen-bond acceptors (Lipinski definition) is 5. The number of carbonyl (C=O) groups excluding carboxylic acids is 2. The normalized spacial score (nSPS) is 35.8. The first kappa shape index (κ1) is 21.4. The van der Waals surface area contributed by atoms with Crippen molar-refractivity contribution < 1.29 is 37.0 Å². The number of esters is 1. The minimum atomic E-state index is -1.54. The van der Waals surface area contributed by atoms with Gasteiger partial charge in [0.05, 0.1) is 16.9 Å². The van der Waals surface area contributed by atoms with E-state index < -0.39 is 58.2 Å². The summed E-state index contributed by atoms with van der Waals surface area (Å²) in [5.74, 6) is -9.57. The number of ketones is 1. The fraction of sp³-hybridized carbons (Fsp3) is 0.524. The van der Waals surface area contributed by atoms with E-state index in [0.29, 0.717) is 17.3 Å². The molecule has 9 heteroatoms. The number of carbonyl (C=O) groups is 2. The third-order valence-electron chi connectivity index (χ3n) is 6.67. The van der Waals surface area contributed by atoms with Crippen molar-refractivity contribution in [2.45, 2.75) is 36.9 Å². The SMILES string of the molecule is C=C1C[C@H](O)[C@@H]2[C@@H](OC(=O)[C@H]2CSc2c(F)c(F)cc(F)c2F)[C@H]2[C@H](C)C(=O)C[C@@H]12. The van der Waals surface area contributed by atoms with E-state index in [9.17, 15) is 32.3 Å². The van der Waals surface area contributed by atoms with E-state index in [4.69, 9.17) is 4.74 Å². The number of thioether (sulfide) groups is 1. The molecule has 1 aromatic rings. The summed E-state index contributed by atoms with van der Waals surface area (Å²) in [6, 6.07) is 0.119. The number of aliphatic hydroxyl groups excluding tert-OH is 1. The average Bonchev–Trinajstić information content (AvgIpc) is 3.13. The molecule has 0 bridgehead atoms. The highest BCUT2D eigenvalue weighted by Crippen LogP contribution is 2.52. The lowest BCUT2D eigenvalue weighted by molar-refractivity contribution is -0.146. The number of ether oxygens (including phenoxy) is 1. The van der Waals surface area contributed by atoms with Crippen LogP contribution in [0.2, 0.25) is 0 Å². The Hall–Kier alpha value is -1.87. The van der Waals surface area contributed by atoms with Crippen LogP contribution in [0.1, 0.15) is 19.8 Å². The molecule has 1 N–H and O–H groups in total. The van der Waals surface area contributed by atoms with Crippen molar-refractivity contribution in [1.82, 2.24) is 0 Å². The van der Waals surface area contributed by atoms with Gasteiger partial charge in [0.2, 0.25) is 0 Å². The molecule has 30 heavy (non-hydrogen) atoms. The molecule has 1 aromatic carbocycles. The molecule has 0 aromatic heterocycles. The van der Waals surface area contributed by atoms with Crippen LogP contribution < -0.4 is 0 Å². The molecule has 2 aliphatic carbocycles. The molecule has 0 radical (unpaired) electrons. The van der Waals surface area contributed by atoms with Crippen LogP contribution in [0.4, 0.5) is 17.6 Å². The highest BCUT2D eigenvalue weighted by molar-refractivity contribution is 7.99. The predicted octanol–water partition coefficient (Wildman–Crippen LogP) is 3.66. The van der Waals surface area contributed by atoms with Crippen LogP contribution in [0.3, 0.4) is 0 Å². The maximum Gasteiger partial charge on any atom is 0.310 e. The third-order valence-corrected chi connectivity index (χ3v) is 7.84. The number of halogens is 4. The lowest BCUT2D eigenvalue weighted by atomic mass is 9.77. The van der Waals surface area contributed by atoms with E-state index in [1.165, 1.54) is 0 Å². The summed E-state index contributed by atoms with van der Waals surface area (Å²) in [5, 5.41) is 10.8. The zero-order chi connectivity index (χ0) is 21.9. The molecule has 1 saturated heterocycles. The summed E-state index contributed by atoms with van der Waals surface area (Å²) in [5.41, 5.74) is 0.714. The van der Waals surface area contributed by atoms with Gasteiger partial charge in [-0.1, -0.05) is 19.1 Å². The van der Waals surface area contributed by atoms with E-state index in [1.807, 2.05) is 0 Å². The summed E-state index contributed by atoms with van der Waals surface area (Å²) < 4.78 is 60.5. The zero-order valence-corrected chi connectivity index (χ0v) is 16.9. The monoisotopic (exact) mass is 444 g/mol. The number of aliphatic hydroxyl groups is 1. The summed E-state index contributed by atoms with van der Waals surface area (Å²) in [6.45, 7) is 5.76. The van der Waals surface area contributed by atoms with Gasteiger partial charge in [-0.25, -0.2) is 17.6 Å². The highest BCUT2D eigenvalue weighted by Gasteiger charge is 2.58. The maximum atomic E-state index is 14.0. The Morgan fingerprint density at radius 3 is 2.40 bits per heavy atom. The van der Waals surface area contributed by atoms with Crippen LogP contribution in [0, 0.1) is 52.9 Å². The van der Waals surface area contributed by atoms with Crippen LogP contribution in [0.15, 0.2) is 23.1 Å². The predicted molar refractivity (Wildman–Crippen MR) is 99.4 cm³/mol. The van der Waals surface area contributed by atoms with Crippen molar-refractivity contribution in [2.75, 3.05) is 5.75 Å². The van der Waals surface area contributed by atoms with Gasteiger partial charge in [0.25, 0.3) is 0 Å². The molecule has 3 fully saturated rings. The number of hydrogen-bond donors (Lipinski definition) is 1. The molecular weight excluding hydrogens is 424 g/mol. The van der Waals surface area contributed by atoms with Gasteiger partial charge in [-0.15, -0.1) is 11.8 Å². The van der Waals surface area contributed by atoms with E-state index in [0.717, 1.165) is 0 Å². The minimum absolute atomic E-state index is 0.0366. The molecule has 0 unspecified atom stereocenters. The average molecular weight is 444 g/mol. The molecule has 1 aliphatic heterocycles. The molecule has 0 amide bonds. The standard InChI is InChI=1S/C21H20F4O4S/c1-7-3-14(27)16-10(6-30-20-17(24)11(22)5-12(23)18(20)25)21(28)29-19(16)15-8(2)13(26)4-9(7)15/h5,8-10,14-16,19,27H,1,3-4,6H2,2H3/t8-,9+,10+,14+,15+,16-,19+/m1/s1. The van der Waals surface area contributed by atoms with Gasteiger partial charge in [0.1, 0.15) is 11.9 Å². The van der Waals surface area contributed by atoms with Crippen molar-refractivity contribution in [3.63, 3.8) is 0 Å². The van der Waals surface area contributed by atoms with Crippen LogP contribution in [-0.2, 0) is 14.3 Å². The Morgan fingerprint density at radius 2 is 1.77 bits per heavy atom. The van der Waals surface area contributed by atoms with Gasteiger partial charge in [-0.3, -0.25) is 9.59 Å². The molecule has 4 nitrogen and oxygen atoms in total. The largest absolute Gasteiger partial charge is 0.461 e. The molecule has 2 saturated carbocycles. The Kier molecular flexibility index (Phi) is 5.47. The summed E-state index contributed by atoms with van der Waals surface area (Å²) >= 11 is 0.464. The third kappa shape index (κ3) is 3.26. The van der Waals surface area contributed by atoms with E-state index >= 15 is 0 Å². The Bertz CT molecular complexity index is 910. The molecule has 3 aliphatic rings. The maximum absolute atomic E-state index is 14.0. The van der Waals surface area contributed by atoms with Gasteiger partial charge in [-0.2, -0.15) is 0 Å². The first-order valence-electron chi connectivity index (χ1n) is 9.66. The van der Waals surface area contributed by atoms with E-state index in [-0.39, 0.29) is 48.2 Å². The van der Waals surface area contributed by atoms with Gasteiger partial charge >= 0.3 is 5.97 Å². The minimum Gasteiger partial charge on any atom is -0.461 e. The fourth-order valence-electron chi connectivity index (χ4n) is 5.13.